The van der Waals surface area contributed by atoms with E-state index in [2.05, 4.69) is 11.9 Å². The minimum Gasteiger partial charge on any atom is -0.372 e. The van der Waals surface area contributed by atoms with E-state index >= 15 is 0 Å². The SMILES string of the molecule is COC(C)C(=O)N(C)CC1CCCN1C. The molecule has 1 aliphatic heterocycles. The first-order valence-electron chi connectivity index (χ1n) is 5.54. The summed E-state index contributed by atoms with van der Waals surface area (Å²) in [5.74, 6) is 0.0674. The van der Waals surface area contributed by atoms with Gasteiger partial charge in [-0.1, -0.05) is 0 Å². The van der Waals surface area contributed by atoms with Gasteiger partial charge in [-0.05, 0) is 33.4 Å². The number of carbonyl (C=O) groups excluding carboxylic acids is 1. The number of nitrogens with zero attached hydrogens (tertiary/aromatic N) is 2. The quantitative estimate of drug-likeness (QED) is 0.686. The molecule has 0 aliphatic carbocycles. The molecule has 4 heteroatoms. The van der Waals surface area contributed by atoms with Crippen LogP contribution in [0.25, 0.3) is 0 Å². The van der Waals surface area contributed by atoms with Crippen molar-refractivity contribution in [2.75, 3.05) is 34.3 Å². The average Bonchev–Trinajstić information content (AvgIpc) is 2.62. The monoisotopic (exact) mass is 214 g/mol. The van der Waals surface area contributed by atoms with Crippen LogP contribution in [0, 0.1) is 0 Å². The number of amides is 1. The topological polar surface area (TPSA) is 32.8 Å². The molecular formula is C11H22N2O2. The van der Waals surface area contributed by atoms with Gasteiger partial charge >= 0.3 is 0 Å². The zero-order chi connectivity index (χ0) is 11.4. The van der Waals surface area contributed by atoms with E-state index < -0.39 is 0 Å². The number of likely N-dealkylation sites (tertiary alicyclic amines) is 1. The van der Waals surface area contributed by atoms with Crippen LogP contribution in [0.4, 0.5) is 0 Å². The van der Waals surface area contributed by atoms with E-state index in [1.54, 1.807) is 18.9 Å². The number of hydrogen-bond acceptors (Lipinski definition) is 3. The number of rotatable bonds is 4. The van der Waals surface area contributed by atoms with Crippen molar-refractivity contribution in [1.29, 1.82) is 0 Å². The van der Waals surface area contributed by atoms with Crippen LogP contribution in [0.5, 0.6) is 0 Å². The molecule has 1 fully saturated rings. The Morgan fingerprint density at radius 1 is 1.67 bits per heavy atom. The first kappa shape index (κ1) is 12.5. The molecule has 0 radical (unpaired) electrons. The summed E-state index contributed by atoms with van der Waals surface area (Å²) in [7, 11) is 5.54. The summed E-state index contributed by atoms with van der Waals surface area (Å²) in [5.41, 5.74) is 0. The molecule has 2 unspecified atom stereocenters. The summed E-state index contributed by atoms with van der Waals surface area (Å²) in [6.07, 6.45) is 2.10. The van der Waals surface area contributed by atoms with Crippen LogP contribution in [0.3, 0.4) is 0 Å². The fraction of sp³-hybridized carbons (Fsp3) is 0.909. The van der Waals surface area contributed by atoms with E-state index in [1.165, 1.54) is 12.8 Å². The first-order valence-corrected chi connectivity index (χ1v) is 5.54. The molecule has 15 heavy (non-hydrogen) atoms. The maximum atomic E-state index is 11.8. The number of likely N-dealkylation sites (N-methyl/N-ethyl adjacent to an activating group) is 2. The molecular weight excluding hydrogens is 192 g/mol. The van der Waals surface area contributed by atoms with E-state index in [-0.39, 0.29) is 12.0 Å². The van der Waals surface area contributed by atoms with Gasteiger partial charge in [-0.3, -0.25) is 4.79 Å². The molecule has 0 N–H and O–H groups in total. The van der Waals surface area contributed by atoms with Gasteiger partial charge in [-0.25, -0.2) is 0 Å². The molecule has 1 heterocycles. The van der Waals surface area contributed by atoms with Crippen molar-refractivity contribution < 1.29 is 9.53 Å². The second-order valence-corrected chi connectivity index (χ2v) is 4.37. The number of ether oxygens (including phenoxy) is 1. The molecule has 88 valence electrons. The Labute approximate surface area is 92.2 Å². The van der Waals surface area contributed by atoms with Gasteiger partial charge in [0.25, 0.3) is 5.91 Å². The third kappa shape index (κ3) is 3.18. The highest BCUT2D eigenvalue weighted by molar-refractivity contribution is 5.80. The largest absolute Gasteiger partial charge is 0.372 e. The van der Waals surface area contributed by atoms with Crippen LogP contribution < -0.4 is 0 Å². The van der Waals surface area contributed by atoms with Gasteiger partial charge in [0.15, 0.2) is 0 Å². The lowest BCUT2D eigenvalue weighted by Gasteiger charge is -2.27. The van der Waals surface area contributed by atoms with E-state index in [0.717, 1.165) is 13.1 Å². The van der Waals surface area contributed by atoms with E-state index in [9.17, 15) is 4.79 Å². The number of methoxy groups -OCH3 is 1. The van der Waals surface area contributed by atoms with Gasteiger partial charge in [-0.2, -0.15) is 0 Å². The summed E-state index contributed by atoms with van der Waals surface area (Å²) < 4.78 is 5.02. The molecule has 0 saturated carbocycles. The average molecular weight is 214 g/mol. The zero-order valence-corrected chi connectivity index (χ0v) is 10.2. The molecule has 0 aromatic heterocycles. The Balaban J connectivity index is 2.40. The van der Waals surface area contributed by atoms with Crippen molar-refractivity contribution in [2.24, 2.45) is 0 Å². The van der Waals surface area contributed by atoms with Crippen molar-refractivity contribution in [3.63, 3.8) is 0 Å². The molecule has 0 aromatic carbocycles. The van der Waals surface area contributed by atoms with Gasteiger partial charge in [0.2, 0.25) is 0 Å². The number of hydrogen-bond donors (Lipinski definition) is 0. The van der Waals surface area contributed by atoms with Crippen LogP contribution in [0.2, 0.25) is 0 Å². The van der Waals surface area contributed by atoms with E-state index in [0.29, 0.717) is 6.04 Å². The molecule has 0 aromatic rings. The fourth-order valence-electron chi connectivity index (χ4n) is 2.03. The lowest BCUT2D eigenvalue weighted by atomic mass is 10.2. The fourth-order valence-corrected chi connectivity index (χ4v) is 2.03. The molecule has 1 aliphatic rings. The summed E-state index contributed by atoms with van der Waals surface area (Å²) in [4.78, 5) is 15.8. The van der Waals surface area contributed by atoms with Crippen molar-refractivity contribution >= 4 is 5.91 Å². The van der Waals surface area contributed by atoms with Gasteiger partial charge in [0, 0.05) is 26.7 Å². The molecule has 1 saturated heterocycles. The Morgan fingerprint density at radius 2 is 2.33 bits per heavy atom. The van der Waals surface area contributed by atoms with Gasteiger partial charge < -0.3 is 14.5 Å². The predicted octanol–water partition coefficient (Wildman–Crippen LogP) is 0.574. The van der Waals surface area contributed by atoms with Crippen LogP contribution in [0.15, 0.2) is 0 Å². The first-order chi connectivity index (χ1) is 7.06. The second-order valence-electron chi connectivity index (χ2n) is 4.37. The van der Waals surface area contributed by atoms with Crippen LogP contribution in [-0.2, 0) is 9.53 Å². The molecule has 4 nitrogen and oxygen atoms in total. The minimum atomic E-state index is -0.332. The van der Waals surface area contributed by atoms with Gasteiger partial charge in [0.1, 0.15) is 6.10 Å². The van der Waals surface area contributed by atoms with Crippen molar-refractivity contribution in [3.8, 4) is 0 Å². The van der Waals surface area contributed by atoms with E-state index in [1.807, 2.05) is 7.05 Å². The molecule has 0 bridgehead atoms. The summed E-state index contributed by atoms with van der Waals surface area (Å²) in [5, 5.41) is 0. The highest BCUT2D eigenvalue weighted by Gasteiger charge is 2.25. The smallest absolute Gasteiger partial charge is 0.251 e. The third-order valence-corrected chi connectivity index (χ3v) is 3.23. The van der Waals surface area contributed by atoms with Gasteiger partial charge in [0.05, 0.1) is 0 Å². The number of carbonyl (C=O) groups is 1. The Bertz CT molecular complexity index is 221. The standard InChI is InChI=1S/C11H22N2O2/c1-9(15-4)11(14)13(3)8-10-6-5-7-12(10)2/h9-10H,5-8H2,1-4H3. The summed E-state index contributed by atoms with van der Waals surface area (Å²) in [6, 6.07) is 0.517. The van der Waals surface area contributed by atoms with Crippen LogP contribution >= 0.6 is 0 Å². The normalized spacial score (nSPS) is 24.1. The maximum Gasteiger partial charge on any atom is 0.251 e. The molecule has 1 amide bonds. The van der Waals surface area contributed by atoms with Gasteiger partial charge in [-0.15, -0.1) is 0 Å². The third-order valence-electron chi connectivity index (χ3n) is 3.23. The Morgan fingerprint density at radius 3 is 2.80 bits per heavy atom. The Hall–Kier alpha value is -0.610. The van der Waals surface area contributed by atoms with Crippen molar-refractivity contribution in [1.82, 2.24) is 9.80 Å². The second kappa shape index (κ2) is 5.47. The van der Waals surface area contributed by atoms with E-state index in [4.69, 9.17) is 4.74 Å². The molecule has 2 atom stereocenters. The van der Waals surface area contributed by atoms with Crippen LogP contribution in [-0.4, -0.2) is 62.1 Å². The highest BCUT2D eigenvalue weighted by Crippen LogP contribution is 2.15. The maximum absolute atomic E-state index is 11.8. The lowest BCUT2D eigenvalue weighted by Crippen LogP contribution is -2.43. The summed E-state index contributed by atoms with van der Waals surface area (Å²) >= 11 is 0. The van der Waals surface area contributed by atoms with Crippen molar-refractivity contribution in [3.05, 3.63) is 0 Å². The highest BCUT2D eigenvalue weighted by atomic mass is 16.5. The predicted molar refractivity (Wildman–Crippen MR) is 59.8 cm³/mol. The minimum absolute atomic E-state index is 0.0674. The lowest BCUT2D eigenvalue weighted by molar-refractivity contribution is -0.140. The Kier molecular flexibility index (Phi) is 4.54. The zero-order valence-electron chi connectivity index (χ0n) is 10.2. The molecule has 0 spiro atoms. The van der Waals surface area contributed by atoms with Crippen LogP contribution in [0.1, 0.15) is 19.8 Å². The molecule has 1 rings (SSSR count). The van der Waals surface area contributed by atoms with Crippen molar-refractivity contribution in [2.45, 2.75) is 31.9 Å². The summed E-state index contributed by atoms with van der Waals surface area (Å²) in [6.45, 7) is 3.74.